The predicted octanol–water partition coefficient (Wildman–Crippen LogP) is 1.64. The zero-order chi connectivity index (χ0) is 9.68. The summed E-state index contributed by atoms with van der Waals surface area (Å²) in [4.78, 5) is 23.9. The highest BCUT2D eigenvalue weighted by molar-refractivity contribution is 5.77. The number of carbonyl (C=O) groups excluding carboxylic acids is 2. The maximum atomic E-state index is 10.6. The molecule has 0 saturated carbocycles. The average molecular weight is 175 g/mol. The van der Waals surface area contributed by atoms with Crippen LogP contribution in [0.3, 0.4) is 0 Å². The van der Waals surface area contributed by atoms with E-state index in [1.54, 1.807) is 6.07 Å². The Kier molecular flexibility index (Phi) is 3.12. The van der Waals surface area contributed by atoms with Gasteiger partial charge in [-0.2, -0.15) is 0 Å². The number of rotatable bonds is 3. The molecular weight excluding hydrogens is 166 g/mol. The molecule has 1 aromatic rings. The lowest BCUT2D eigenvalue weighted by Gasteiger charge is -2.01. The van der Waals surface area contributed by atoms with Crippen LogP contribution in [0.15, 0.2) is 23.2 Å². The largest absolute Gasteiger partial charge is 0.298 e. The van der Waals surface area contributed by atoms with Gasteiger partial charge in [-0.1, -0.05) is 23.8 Å². The van der Waals surface area contributed by atoms with Gasteiger partial charge >= 0.3 is 0 Å². The lowest BCUT2D eigenvalue weighted by Crippen LogP contribution is -1.91. The highest BCUT2D eigenvalue weighted by Crippen LogP contribution is 2.10. The molecular formula is C10H9NO2. The Hall–Kier alpha value is -1.73. The fourth-order valence-electron chi connectivity index (χ4n) is 1.10. The molecule has 0 saturated heterocycles. The number of carbonyl (C=O) groups is 1. The Bertz CT molecular complexity index is 365. The molecule has 0 N–H and O–H groups in total. The van der Waals surface area contributed by atoms with Crippen LogP contribution in [0, 0.1) is 6.92 Å². The van der Waals surface area contributed by atoms with Crippen LogP contribution < -0.4 is 0 Å². The number of aryl methyl sites for hydroxylation is 1. The number of hydrogen-bond donors (Lipinski definition) is 0. The van der Waals surface area contributed by atoms with Crippen molar-refractivity contribution in [2.75, 3.05) is 0 Å². The molecule has 13 heavy (non-hydrogen) atoms. The van der Waals surface area contributed by atoms with Crippen LogP contribution in [0.2, 0.25) is 0 Å². The SMILES string of the molecule is Cc1ccc(C=O)c(CN=C=O)c1. The summed E-state index contributed by atoms with van der Waals surface area (Å²) in [6.45, 7) is 2.14. The van der Waals surface area contributed by atoms with Crippen LogP contribution >= 0.6 is 0 Å². The van der Waals surface area contributed by atoms with Crippen LogP contribution in [0.25, 0.3) is 0 Å². The number of nitrogens with zero attached hydrogens (tertiary/aromatic N) is 1. The monoisotopic (exact) mass is 175 g/mol. The van der Waals surface area contributed by atoms with E-state index in [1.165, 1.54) is 6.08 Å². The Balaban J connectivity index is 3.07. The van der Waals surface area contributed by atoms with Gasteiger partial charge < -0.3 is 0 Å². The highest BCUT2D eigenvalue weighted by atomic mass is 16.1. The molecule has 0 amide bonds. The quantitative estimate of drug-likeness (QED) is 0.398. The molecule has 3 nitrogen and oxygen atoms in total. The minimum Gasteiger partial charge on any atom is -0.298 e. The normalized spacial score (nSPS) is 9.00. The lowest BCUT2D eigenvalue weighted by molar-refractivity contribution is 0.112. The van der Waals surface area contributed by atoms with Crippen LogP contribution in [0.1, 0.15) is 21.5 Å². The first-order chi connectivity index (χ1) is 6.27. The second kappa shape index (κ2) is 4.33. The molecule has 66 valence electrons. The smallest absolute Gasteiger partial charge is 0.235 e. The van der Waals surface area contributed by atoms with Gasteiger partial charge in [-0.15, -0.1) is 0 Å². The van der Waals surface area contributed by atoms with Crippen LogP contribution in [0.5, 0.6) is 0 Å². The van der Waals surface area contributed by atoms with Gasteiger partial charge in [-0.3, -0.25) is 4.79 Å². The van der Waals surface area contributed by atoms with E-state index in [4.69, 9.17) is 0 Å². The first kappa shape index (κ1) is 9.36. The molecule has 1 rings (SSSR count). The summed E-state index contributed by atoms with van der Waals surface area (Å²) < 4.78 is 0. The lowest BCUT2D eigenvalue weighted by atomic mass is 10.1. The van der Waals surface area contributed by atoms with Crippen LogP contribution in [-0.2, 0) is 11.3 Å². The molecule has 0 radical (unpaired) electrons. The molecule has 0 atom stereocenters. The number of benzene rings is 1. The van der Waals surface area contributed by atoms with Gasteiger partial charge in [0, 0.05) is 5.56 Å². The minimum atomic E-state index is 0.221. The molecule has 0 spiro atoms. The first-order valence-electron chi connectivity index (χ1n) is 3.86. The molecule has 3 heteroatoms. The van der Waals surface area contributed by atoms with E-state index < -0.39 is 0 Å². The second-order valence-electron chi connectivity index (χ2n) is 2.73. The Labute approximate surface area is 76.1 Å². The standard InChI is InChI=1S/C10H9NO2/c1-8-2-3-9(6-12)10(4-8)5-11-7-13/h2-4,6H,5H2,1H3. The Morgan fingerprint density at radius 3 is 2.92 bits per heavy atom. The van der Waals surface area contributed by atoms with Crippen molar-refractivity contribution < 1.29 is 9.59 Å². The van der Waals surface area contributed by atoms with Crippen molar-refractivity contribution in [2.24, 2.45) is 4.99 Å². The van der Waals surface area contributed by atoms with Crippen molar-refractivity contribution in [3.05, 3.63) is 34.9 Å². The van der Waals surface area contributed by atoms with Gasteiger partial charge in [-0.25, -0.2) is 9.79 Å². The van der Waals surface area contributed by atoms with E-state index in [1.807, 2.05) is 19.1 Å². The maximum Gasteiger partial charge on any atom is 0.235 e. The summed E-state index contributed by atoms with van der Waals surface area (Å²) in [6, 6.07) is 5.40. The predicted molar refractivity (Wildman–Crippen MR) is 48.4 cm³/mol. The molecule has 0 aliphatic rings. The zero-order valence-electron chi connectivity index (χ0n) is 7.28. The summed E-state index contributed by atoms with van der Waals surface area (Å²) >= 11 is 0. The summed E-state index contributed by atoms with van der Waals surface area (Å²) in [6.07, 6.45) is 2.21. The topological polar surface area (TPSA) is 46.5 Å². The number of aldehydes is 1. The number of hydrogen-bond acceptors (Lipinski definition) is 3. The summed E-state index contributed by atoms with van der Waals surface area (Å²) in [7, 11) is 0. The average Bonchev–Trinajstić information content (AvgIpc) is 2.15. The highest BCUT2D eigenvalue weighted by Gasteiger charge is 2.00. The molecule has 0 heterocycles. The van der Waals surface area contributed by atoms with Gasteiger partial charge in [-0.05, 0) is 12.5 Å². The van der Waals surface area contributed by atoms with Crippen molar-refractivity contribution >= 4 is 12.4 Å². The third-order valence-electron chi connectivity index (χ3n) is 1.74. The third kappa shape index (κ3) is 2.36. The van der Waals surface area contributed by atoms with Gasteiger partial charge in [0.2, 0.25) is 6.08 Å². The van der Waals surface area contributed by atoms with Crippen LogP contribution in [-0.4, -0.2) is 12.4 Å². The Morgan fingerprint density at radius 2 is 2.31 bits per heavy atom. The molecule has 0 bridgehead atoms. The van der Waals surface area contributed by atoms with E-state index >= 15 is 0 Å². The molecule has 0 unspecified atom stereocenters. The molecule has 0 fully saturated rings. The van der Waals surface area contributed by atoms with E-state index in [9.17, 15) is 9.59 Å². The molecule has 0 aromatic heterocycles. The molecule has 0 aliphatic heterocycles. The van der Waals surface area contributed by atoms with Crippen molar-refractivity contribution in [3.63, 3.8) is 0 Å². The van der Waals surface area contributed by atoms with E-state index in [0.29, 0.717) is 5.56 Å². The Morgan fingerprint density at radius 1 is 1.54 bits per heavy atom. The first-order valence-corrected chi connectivity index (χ1v) is 3.86. The van der Waals surface area contributed by atoms with E-state index in [0.717, 1.165) is 17.4 Å². The molecule has 1 aromatic carbocycles. The summed E-state index contributed by atoms with van der Waals surface area (Å²) in [5.74, 6) is 0. The van der Waals surface area contributed by atoms with Gasteiger partial charge in [0.05, 0.1) is 6.54 Å². The number of isocyanates is 1. The third-order valence-corrected chi connectivity index (χ3v) is 1.74. The minimum absolute atomic E-state index is 0.221. The summed E-state index contributed by atoms with van der Waals surface area (Å²) in [5, 5.41) is 0. The van der Waals surface area contributed by atoms with Crippen LogP contribution in [0.4, 0.5) is 0 Å². The van der Waals surface area contributed by atoms with Gasteiger partial charge in [0.25, 0.3) is 0 Å². The maximum absolute atomic E-state index is 10.6. The van der Waals surface area contributed by atoms with Crippen molar-refractivity contribution in [3.8, 4) is 0 Å². The fraction of sp³-hybridized carbons (Fsp3) is 0.200. The second-order valence-corrected chi connectivity index (χ2v) is 2.73. The van der Waals surface area contributed by atoms with Crippen molar-refractivity contribution in [1.29, 1.82) is 0 Å². The van der Waals surface area contributed by atoms with E-state index in [-0.39, 0.29) is 6.54 Å². The van der Waals surface area contributed by atoms with E-state index in [2.05, 4.69) is 4.99 Å². The number of aliphatic imine (C=N–C) groups is 1. The van der Waals surface area contributed by atoms with Gasteiger partial charge in [0.15, 0.2) is 0 Å². The fourth-order valence-corrected chi connectivity index (χ4v) is 1.10. The van der Waals surface area contributed by atoms with Crippen molar-refractivity contribution in [2.45, 2.75) is 13.5 Å². The summed E-state index contributed by atoms with van der Waals surface area (Å²) in [5.41, 5.74) is 2.38. The molecule has 0 aliphatic carbocycles. The van der Waals surface area contributed by atoms with Crippen molar-refractivity contribution in [1.82, 2.24) is 0 Å². The zero-order valence-corrected chi connectivity index (χ0v) is 7.28. The van der Waals surface area contributed by atoms with Gasteiger partial charge in [0.1, 0.15) is 6.29 Å².